The first-order valence-electron chi connectivity index (χ1n) is 6.06. The van der Waals surface area contributed by atoms with Crippen LogP contribution in [0.5, 0.6) is 0 Å². The fraction of sp³-hybridized carbons (Fsp3) is 0.176. The van der Waals surface area contributed by atoms with E-state index in [-0.39, 0.29) is 0 Å². The second kappa shape index (κ2) is 5.49. The molecule has 1 atom stereocenters. The highest BCUT2D eigenvalue weighted by Gasteiger charge is 2.08. The van der Waals surface area contributed by atoms with Gasteiger partial charge in [-0.05, 0) is 23.5 Å². The van der Waals surface area contributed by atoms with Gasteiger partial charge in [0.25, 0.3) is 0 Å². The summed E-state index contributed by atoms with van der Waals surface area (Å²) in [6.45, 7) is 6.16. The highest BCUT2D eigenvalue weighted by molar-refractivity contribution is 5.73. The Morgan fingerprint density at radius 1 is 1.29 bits per heavy atom. The van der Waals surface area contributed by atoms with E-state index < -0.39 is 0 Å². The maximum absolute atomic E-state index is 3.91. The Morgan fingerprint density at radius 3 is 2.65 bits per heavy atom. The minimum absolute atomic E-state index is 0.471. The van der Waals surface area contributed by atoms with E-state index in [2.05, 4.69) is 62.1 Å². The third kappa shape index (κ3) is 2.85. The molecule has 1 aliphatic rings. The zero-order valence-corrected chi connectivity index (χ0v) is 10.3. The van der Waals surface area contributed by atoms with Gasteiger partial charge in [0, 0.05) is 0 Å². The molecule has 1 aromatic carbocycles. The van der Waals surface area contributed by atoms with Crippen molar-refractivity contribution < 1.29 is 0 Å². The first-order chi connectivity index (χ1) is 8.31. The van der Waals surface area contributed by atoms with E-state index in [0.29, 0.717) is 5.92 Å². The van der Waals surface area contributed by atoms with E-state index >= 15 is 0 Å². The molecule has 0 aromatic heterocycles. The van der Waals surface area contributed by atoms with Crippen molar-refractivity contribution in [2.45, 2.75) is 13.3 Å². The standard InChI is InChI=1S/C17H18/c1-3-15(17-11-5-4-6-12-17)13-14(2)16-9-7-8-10-16/h3-9,11-14H,1,10H2,2H3/b15-13+. The molecule has 0 fully saturated rings. The van der Waals surface area contributed by atoms with Crippen LogP contribution in [0.3, 0.4) is 0 Å². The van der Waals surface area contributed by atoms with Gasteiger partial charge in [-0.25, -0.2) is 0 Å². The Hall–Kier alpha value is -1.82. The van der Waals surface area contributed by atoms with Gasteiger partial charge in [0.1, 0.15) is 0 Å². The predicted octanol–water partition coefficient (Wildman–Crippen LogP) is 4.78. The van der Waals surface area contributed by atoms with E-state index in [1.807, 2.05) is 12.1 Å². The Kier molecular flexibility index (Phi) is 3.77. The number of hydrogen-bond donors (Lipinski definition) is 0. The molecule has 0 spiro atoms. The van der Waals surface area contributed by atoms with Crippen LogP contribution in [-0.4, -0.2) is 0 Å². The van der Waals surface area contributed by atoms with Crippen molar-refractivity contribution in [2.24, 2.45) is 5.92 Å². The molecular formula is C17H18. The summed E-state index contributed by atoms with van der Waals surface area (Å²) in [6, 6.07) is 10.4. The number of hydrogen-bond acceptors (Lipinski definition) is 0. The summed E-state index contributed by atoms with van der Waals surface area (Å²) in [5.74, 6) is 0.471. The van der Waals surface area contributed by atoms with Crippen molar-refractivity contribution in [2.75, 3.05) is 0 Å². The van der Waals surface area contributed by atoms with Crippen LogP contribution >= 0.6 is 0 Å². The summed E-state index contributed by atoms with van der Waals surface area (Å²) in [6.07, 6.45) is 11.9. The second-order valence-electron chi connectivity index (χ2n) is 4.35. The molecule has 0 radical (unpaired) electrons. The quantitative estimate of drug-likeness (QED) is 0.643. The van der Waals surface area contributed by atoms with Gasteiger partial charge < -0.3 is 0 Å². The van der Waals surface area contributed by atoms with Crippen LogP contribution in [0.15, 0.2) is 72.9 Å². The van der Waals surface area contributed by atoms with Gasteiger partial charge in [0.2, 0.25) is 0 Å². The van der Waals surface area contributed by atoms with Gasteiger partial charge in [0.15, 0.2) is 0 Å². The van der Waals surface area contributed by atoms with E-state index in [9.17, 15) is 0 Å². The molecule has 1 unspecified atom stereocenters. The molecule has 0 nitrogen and oxygen atoms in total. The highest BCUT2D eigenvalue weighted by atomic mass is 14.1. The molecule has 0 heteroatoms. The van der Waals surface area contributed by atoms with Crippen molar-refractivity contribution in [3.8, 4) is 0 Å². The van der Waals surface area contributed by atoms with Crippen molar-refractivity contribution in [3.05, 3.63) is 78.4 Å². The lowest BCUT2D eigenvalue weighted by Gasteiger charge is -2.10. The molecule has 1 aromatic rings. The van der Waals surface area contributed by atoms with Crippen molar-refractivity contribution in [1.82, 2.24) is 0 Å². The van der Waals surface area contributed by atoms with Gasteiger partial charge in [0.05, 0.1) is 0 Å². The topological polar surface area (TPSA) is 0 Å². The Bertz CT molecular complexity index is 472. The van der Waals surface area contributed by atoms with Crippen LogP contribution in [-0.2, 0) is 0 Å². The number of allylic oxidation sites excluding steroid dienone is 7. The van der Waals surface area contributed by atoms with E-state index in [1.165, 1.54) is 16.7 Å². The van der Waals surface area contributed by atoms with Gasteiger partial charge in [-0.2, -0.15) is 0 Å². The highest BCUT2D eigenvalue weighted by Crippen LogP contribution is 2.25. The molecule has 0 heterocycles. The van der Waals surface area contributed by atoms with E-state index in [1.54, 1.807) is 0 Å². The van der Waals surface area contributed by atoms with Crippen LogP contribution in [0, 0.1) is 5.92 Å². The molecular weight excluding hydrogens is 204 g/mol. The first-order valence-corrected chi connectivity index (χ1v) is 6.06. The molecule has 0 aliphatic heterocycles. The summed E-state index contributed by atoms with van der Waals surface area (Å²) in [7, 11) is 0. The minimum atomic E-state index is 0.471. The van der Waals surface area contributed by atoms with Crippen LogP contribution in [0.4, 0.5) is 0 Å². The van der Waals surface area contributed by atoms with Crippen LogP contribution in [0.25, 0.3) is 5.57 Å². The maximum Gasteiger partial charge on any atom is -0.00362 e. The van der Waals surface area contributed by atoms with Crippen molar-refractivity contribution >= 4 is 5.57 Å². The first kappa shape index (κ1) is 11.7. The predicted molar refractivity (Wildman–Crippen MR) is 75.6 cm³/mol. The van der Waals surface area contributed by atoms with Gasteiger partial charge >= 0.3 is 0 Å². The third-order valence-corrected chi connectivity index (χ3v) is 3.14. The third-order valence-electron chi connectivity index (χ3n) is 3.14. The van der Waals surface area contributed by atoms with E-state index in [0.717, 1.165) is 6.42 Å². The number of benzene rings is 1. The van der Waals surface area contributed by atoms with Crippen LogP contribution in [0.1, 0.15) is 18.9 Å². The van der Waals surface area contributed by atoms with Crippen LogP contribution < -0.4 is 0 Å². The fourth-order valence-electron chi connectivity index (χ4n) is 2.09. The maximum atomic E-state index is 3.91. The molecule has 2 rings (SSSR count). The average molecular weight is 222 g/mol. The lowest BCUT2D eigenvalue weighted by Crippen LogP contribution is -1.94. The Labute approximate surface area is 104 Å². The smallest absolute Gasteiger partial charge is 0.00362 e. The zero-order valence-electron chi connectivity index (χ0n) is 10.3. The zero-order chi connectivity index (χ0) is 12.1. The van der Waals surface area contributed by atoms with Gasteiger partial charge in [-0.15, -0.1) is 0 Å². The lowest BCUT2D eigenvalue weighted by molar-refractivity contribution is 0.842. The number of rotatable bonds is 4. The molecule has 0 saturated heterocycles. The lowest BCUT2D eigenvalue weighted by atomic mass is 9.95. The molecule has 0 saturated carbocycles. The molecule has 0 N–H and O–H groups in total. The normalized spacial score (nSPS) is 16.8. The molecule has 1 aliphatic carbocycles. The van der Waals surface area contributed by atoms with Crippen molar-refractivity contribution in [1.29, 1.82) is 0 Å². The summed E-state index contributed by atoms with van der Waals surface area (Å²) < 4.78 is 0. The van der Waals surface area contributed by atoms with Crippen molar-refractivity contribution in [3.63, 3.8) is 0 Å². The summed E-state index contributed by atoms with van der Waals surface area (Å²) in [5.41, 5.74) is 3.92. The van der Waals surface area contributed by atoms with Crippen LogP contribution in [0.2, 0.25) is 0 Å². The monoisotopic (exact) mass is 222 g/mol. The molecule has 86 valence electrons. The summed E-state index contributed by atoms with van der Waals surface area (Å²) in [4.78, 5) is 0. The van der Waals surface area contributed by atoms with E-state index in [4.69, 9.17) is 0 Å². The molecule has 0 amide bonds. The second-order valence-corrected chi connectivity index (χ2v) is 4.35. The van der Waals surface area contributed by atoms with Gasteiger partial charge in [-0.1, -0.05) is 79.8 Å². The average Bonchev–Trinajstić information content (AvgIpc) is 2.90. The Balaban J connectivity index is 2.21. The summed E-state index contributed by atoms with van der Waals surface area (Å²) in [5, 5.41) is 0. The Morgan fingerprint density at radius 2 is 2.06 bits per heavy atom. The minimum Gasteiger partial charge on any atom is -0.0985 e. The SMILES string of the molecule is C=C/C(=C\C(C)C1=CC=CC1)c1ccccc1. The molecule has 17 heavy (non-hydrogen) atoms. The summed E-state index contributed by atoms with van der Waals surface area (Å²) >= 11 is 0. The fourth-order valence-corrected chi connectivity index (χ4v) is 2.09. The largest absolute Gasteiger partial charge is 0.0985 e. The molecule has 0 bridgehead atoms. The van der Waals surface area contributed by atoms with Gasteiger partial charge in [-0.3, -0.25) is 0 Å².